The van der Waals surface area contributed by atoms with E-state index in [9.17, 15) is 0 Å². The van der Waals surface area contributed by atoms with E-state index >= 15 is 0 Å². The summed E-state index contributed by atoms with van der Waals surface area (Å²) in [7, 11) is 0. The number of hydrogen-bond acceptors (Lipinski definition) is 1. The summed E-state index contributed by atoms with van der Waals surface area (Å²) < 4.78 is 4.83. The summed E-state index contributed by atoms with van der Waals surface area (Å²) in [6.45, 7) is 4.54. The van der Waals surface area contributed by atoms with Crippen molar-refractivity contribution in [2.24, 2.45) is 0 Å². The van der Waals surface area contributed by atoms with Crippen molar-refractivity contribution in [2.75, 3.05) is 0 Å². The van der Waals surface area contributed by atoms with Crippen LogP contribution in [0.25, 0.3) is 42.4 Å². The van der Waals surface area contributed by atoms with Gasteiger partial charge in [-0.25, -0.2) is 0 Å². The molecule has 0 saturated heterocycles. The zero-order chi connectivity index (χ0) is 24.8. The van der Waals surface area contributed by atoms with E-state index in [1.54, 1.807) is 0 Å². The minimum absolute atomic E-state index is 0.234. The maximum atomic E-state index is 3.66. The molecule has 176 valence electrons. The Morgan fingerprint density at radius 1 is 0.611 bits per heavy atom. The molecule has 1 atom stereocenters. The molecule has 0 amide bonds. The van der Waals surface area contributed by atoms with Gasteiger partial charge in [-0.3, -0.25) is 0 Å². The summed E-state index contributed by atoms with van der Waals surface area (Å²) >= 11 is 9.20. The lowest BCUT2D eigenvalue weighted by atomic mass is 9.84. The molecule has 0 saturated carbocycles. The van der Waals surface area contributed by atoms with Crippen LogP contribution >= 0.6 is 43.2 Å². The molecule has 36 heavy (non-hydrogen) atoms. The van der Waals surface area contributed by atoms with Crippen molar-refractivity contribution in [3.63, 3.8) is 0 Å². The molecule has 3 heteroatoms. The van der Waals surface area contributed by atoms with E-state index in [1.165, 1.54) is 59.1 Å². The van der Waals surface area contributed by atoms with Gasteiger partial charge >= 0.3 is 0 Å². The van der Waals surface area contributed by atoms with Crippen LogP contribution in [0, 0.1) is 6.92 Å². The van der Waals surface area contributed by atoms with Gasteiger partial charge < -0.3 is 0 Å². The van der Waals surface area contributed by atoms with Gasteiger partial charge in [0.1, 0.15) is 0 Å². The number of aryl methyl sites for hydroxylation is 1. The van der Waals surface area contributed by atoms with E-state index in [-0.39, 0.29) is 5.92 Å². The minimum atomic E-state index is 0.234. The molecule has 1 heterocycles. The van der Waals surface area contributed by atoms with E-state index < -0.39 is 0 Å². The largest absolute Gasteiger partial charge is 0.135 e. The van der Waals surface area contributed by atoms with Crippen molar-refractivity contribution in [1.29, 1.82) is 0 Å². The number of thiophene rings is 1. The molecule has 6 aromatic rings. The first-order valence-electron chi connectivity index (χ1n) is 12.1. The SMILES string of the molecule is Cc1ccccc1-c1ccc(-c2cc(Br)cc(Br)c2)cc1C(C)c1ccc2sc3ccccc3c2c1. The van der Waals surface area contributed by atoms with Crippen molar-refractivity contribution in [3.8, 4) is 22.3 Å². The molecule has 1 aromatic heterocycles. The highest BCUT2D eigenvalue weighted by Crippen LogP contribution is 2.41. The van der Waals surface area contributed by atoms with Gasteiger partial charge in [-0.15, -0.1) is 11.3 Å². The van der Waals surface area contributed by atoms with Gasteiger partial charge in [-0.1, -0.05) is 99.4 Å². The van der Waals surface area contributed by atoms with Crippen molar-refractivity contribution in [2.45, 2.75) is 19.8 Å². The second-order valence-electron chi connectivity index (χ2n) is 9.35. The highest BCUT2D eigenvalue weighted by molar-refractivity contribution is 9.11. The standard InChI is InChI=1S/C33H24Br2S/c1-20-7-3-4-8-27(20)28-13-11-23(24-15-25(34)19-26(35)16-24)18-30(28)21(2)22-12-14-33-31(17-22)29-9-5-6-10-32(29)36-33/h3-19,21H,1-2H3. The average molecular weight is 612 g/mol. The predicted octanol–water partition coefficient (Wildman–Crippen LogP) is 11.4. The molecule has 0 fully saturated rings. The summed E-state index contributed by atoms with van der Waals surface area (Å²) in [5.41, 5.74) is 8.99. The van der Waals surface area contributed by atoms with Crippen LogP contribution in [0.2, 0.25) is 0 Å². The molecule has 0 radical (unpaired) electrons. The summed E-state index contributed by atoms with van der Waals surface area (Å²) in [4.78, 5) is 0. The smallest absolute Gasteiger partial charge is 0.0355 e. The second-order valence-corrected chi connectivity index (χ2v) is 12.3. The van der Waals surface area contributed by atoms with E-state index in [2.05, 4.69) is 149 Å². The summed E-state index contributed by atoms with van der Waals surface area (Å²) in [5, 5.41) is 2.70. The molecule has 0 aliphatic rings. The zero-order valence-electron chi connectivity index (χ0n) is 20.1. The van der Waals surface area contributed by atoms with E-state index in [0.717, 1.165) is 8.95 Å². The van der Waals surface area contributed by atoms with Gasteiger partial charge in [0.25, 0.3) is 0 Å². The number of halogens is 2. The van der Waals surface area contributed by atoms with Crippen LogP contribution in [-0.2, 0) is 0 Å². The highest BCUT2D eigenvalue weighted by atomic mass is 79.9. The second kappa shape index (κ2) is 9.63. The molecule has 1 unspecified atom stereocenters. The molecule has 5 aromatic carbocycles. The van der Waals surface area contributed by atoms with E-state index in [1.807, 2.05) is 11.3 Å². The zero-order valence-corrected chi connectivity index (χ0v) is 24.0. The number of rotatable bonds is 4. The van der Waals surface area contributed by atoms with Crippen LogP contribution in [0.15, 0.2) is 112 Å². The van der Waals surface area contributed by atoms with Gasteiger partial charge in [0.05, 0.1) is 0 Å². The lowest BCUT2D eigenvalue weighted by Crippen LogP contribution is -2.00. The van der Waals surface area contributed by atoms with Crippen molar-refractivity contribution in [1.82, 2.24) is 0 Å². The van der Waals surface area contributed by atoms with Gasteiger partial charge in [-0.05, 0) is 88.3 Å². The van der Waals surface area contributed by atoms with Gasteiger partial charge in [0, 0.05) is 35.0 Å². The Morgan fingerprint density at radius 3 is 2.14 bits per heavy atom. The maximum Gasteiger partial charge on any atom is 0.0355 e. The van der Waals surface area contributed by atoms with Crippen LogP contribution in [0.3, 0.4) is 0 Å². The Morgan fingerprint density at radius 2 is 1.33 bits per heavy atom. The third-order valence-corrected chi connectivity index (χ3v) is 9.12. The quantitative estimate of drug-likeness (QED) is 0.186. The van der Waals surface area contributed by atoms with Crippen LogP contribution in [0.5, 0.6) is 0 Å². The van der Waals surface area contributed by atoms with Crippen LogP contribution in [-0.4, -0.2) is 0 Å². The fourth-order valence-corrected chi connectivity index (χ4v) is 7.51. The molecule has 0 aliphatic heterocycles. The van der Waals surface area contributed by atoms with Gasteiger partial charge in [0.15, 0.2) is 0 Å². The molecule has 0 N–H and O–H groups in total. The molecular formula is C33H24Br2S. The monoisotopic (exact) mass is 610 g/mol. The Hall–Kier alpha value is -2.72. The van der Waals surface area contributed by atoms with E-state index in [4.69, 9.17) is 0 Å². The fraction of sp³-hybridized carbons (Fsp3) is 0.0909. The topological polar surface area (TPSA) is 0 Å². The normalized spacial score (nSPS) is 12.3. The summed E-state index contributed by atoms with van der Waals surface area (Å²) in [5.74, 6) is 0.234. The summed E-state index contributed by atoms with van der Waals surface area (Å²) in [6.07, 6.45) is 0. The Balaban J connectivity index is 1.54. The molecular weight excluding hydrogens is 588 g/mol. The van der Waals surface area contributed by atoms with E-state index in [0.29, 0.717) is 0 Å². The maximum absolute atomic E-state index is 3.66. The summed E-state index contributed by atoms with van der Waals surface area (Å²) in [6, 6.07) is 37.8. The number of hydrogen-bond donors (Lipinski definition) is 0. The van der Waals surface area contributed by atoms with Gasteiger partial charge in [0.2, 0.25) is 0 Å². The molecule has 0 bridgehead atoms. The number of benzene rings is 5. The first kappa shape index (κ1) is 23.7. The predicted molar refractivity (Wildman–Crippen MR) is 164 cm³/mol. The molecule has 6 rings (SSSR count). The Labute approximate surface area is 232 Å². The molecule has 0 aliphatic carbocycles. The third-order valence-electron chi connectivity index (χ3n) is 7.05. The number of fused-ring (bicyclic) bond motifs is 3. The van der Waals surface area contributed by atoms with Crippen LogP contribution in [0.1, 0.15) is 29.5 Å². The Kier molecular flexibility index (Phi) is 6.33. The highest BCUT2D eigenvalue weighted by Gasteiger charge is 2.18. The van der Waals surface area contributed by atoms with Crippen molar-refractivity contribution in [3.05, 3.63) is 129 Å². The Bertz CT molecular complexity index is 1720. The average Bonchev–Trinajstić information content (AvgIpc) is 3.26. The molecule has 0 spiro atoms. The van der Waals surface area contributed by atoms with Crippen molar-refractivity contribution < 1.29 is 0 Å². The van der Waals surface area contributed by atoms with Crippen molar-refractivity contribution >= 4 is 63.4 Å². The third kappa shape index (κ3) is 4.34. The van der Waals surface area contributed by atoms with Crippen LogP contribution in [0.4, 0.5) is 0 Å². The lowest BCUT2D eigenvalue weighted by Gasteiger charge is -2.20. The van der Waals surface area contributed by atoms with Gasteiger partial charge in [-0.2, -0.15) is 0 Å². The first-order valence-corrected chi connectivity index (χ1v) is 14.5. The van der Waals surface area contributed by atoms with Crippen LogP contribution < -0.4 is 0 Å². The molecule has 0 nitrogen and oxygen atoms in total. The first-order chi connectivity index (χ1) is 17.5. The fourth-order valence-electron chi connectivity index (χ4n) is 5.13. The lowest BCUT2D eigenvalue weighted by molar-refractivity contribution is 0.927. The minimum Gasteiger partial charge on any atom is -0.135 e.